The summed E-state index contributed by atoms with van der Waals surface area (Å²) in [6, 6.07) is 6.15. The lowest BCUT2D eigenvalue weighted by Gasteiger charge is -2.16. The van der Waals surface area contributed by atoms with Gasteiger partial charge in [-0.25, -0.2) is 13.8 Å². The van der Waals surface area contributed by atoms with Crippen LogP contribution in [0.2, 0.25) is 0 Å². The first-order valence-corrected chi connectivity index (χ1v) is 11.0. The van der Waals surface area contributed by atoms with Crippen LogP contribution >= 0.6 is 11.8 Å². The number of aliphatic carboxylic acids is 1. The third kappa shape index (κ3) is 6.16. The van der Waals surface area contributed by atoms with Crippen LogP contribution in [0.5, 0.6) is 5.88 Å². The number of aromatic nitrogens is 1. The van der Waals surface area contributed by atoms with Gasteiger partial charge in [0.05, 0.1) is 4.90 Å². The molecule has 7 heteroatoms. The van der Waals surface area contributed by atoms with Crippen LogP contribution < -0.4 is 4.74 Å². The Balaban J connectivity index is 1.67. The smallest absolute Gasteiger partial charge is 0.303 e. The second-order valence-corrected chi connectivity index (χ2v) is 8.31. The summed E-state index contributed by atoms with van der Waals surface area (Å²) in [6.45, 7) is 0. The van der Waals surface area contributed by atoms with E-state index < -0.39 is 17.6 Å². The van der Waals surface area contributed by atoms with Crippen LogP contribution in [0.1, 0.15) is 51.4 Å². The van der Waals surface area contributed by atoms with Crippen molar-refractivity contribution in [3.8, 4) is 17.0 Å². The van der Waals surface area contributed by atoms with Crippen molar-refractivity contribution in [1.29, 1.82) is 0 Å². The highest BCUT2D eigenvalue weighted by Gasteiger charge is 2.20. The molecule has 2 aromatic rings. The van der Waals surface area contributed by atoms with Crippen molar-refractivity contribution >= 4 is 17.7 Å². The number of ether oxygens (including phenoxy) is 1. The quantitative estimate of drug-likeness (QED) is 0.372. The molecule has 1 aliphatic carbocycles. The molecule has 0 unspecified atom stereocenters. The van der Waals surface area contributed by atoms with E-state index in [0.717, 1.165) is 43.9 Å². The molecule has 0 saturated heterocycles. The van der Waals surface area contributed by atoms with Crippen LogP contribution in [0, 0.1) is 11.6 Å². The van der Waals surface area contributed by atoms with Gasteiger partial charge in [-0.15, -0.1) is 11.8 Å². The van der Waals surface area contributed by atoms with Gasteiger partial charge in [0.1, 0.15) is 17.7 Å². The minimum atomic E-state index is -0.822. The van der Waals surface area contributed by atoms with Gasteiger partial charge in [0.15, 0.2) is 0 Å². The minimum absolute atomic E-state index is 0.00543. The van der Waals surface area contributed by atoms with Gasteiger partial charge in [0.2, 0.25) is 5.88 Å². The largest absolute Gasteiger partial charge is 0.481 e. The number of benzene rings is 1. The molecule has 4 nitrogen and oxygen atoms in total. The summed E-state index contributed by atoms with van der Waals surface area (Å²) in [4.78, 5) is 14.8. The summed E-state index contributed by atoms with van der Waals surface area (Å²) in [5.74, 6) is -1.08. The zero-order valence-electron chi connectivity index (χ0n) is 16.2. The molecule has 1 aliphatic rings. The molecule has 0 aliphatic heterocycles. The van der Waals surface area contributed by atoms with Gasteiger partial charge in [-0.1, -0.05) is 6.42 Å². The number of carboxylic acids is 1. The molecule has 3 rings (SSSR count). The number of rotatable bonds is 10. The van der Waals surface area contributed by atoms with E-state index in [2.05, 4.69) is 4.98 Å². The molecule has 1 aromatic heterocycles. The first-order chi connectivity index (χ1) is 14.0. The van der Waals surface area contributed by atoms with Crippen LogP contribution in [-0.2, 0) is 4.79 Å². The van der Waals surface area contributed by atoms with Gasteiger partial charge < -0.3 is 9.84 Å². The Morgan fingerprint density at radius 1 is 1.17 bits per heavy atom. The molecule has 1 heterocycles. The molecular formula is C22H25F2NO3S. The van der Waals surface area contributed by atoms with Crippen molar-refractivity contribution in [3.63, 3.8) is 0 Å². The number of hydrogen-bond donors (Lipinski definition) is 1. The third-order valence-corrected chi connectivity index (χ3v) is 6.11. The van der Waals surface area contributed by atoms with E-state index in [1.165, 1.54) is 12.1 Å². The number of nitrogens with zero attached hydrogens (tertiary/aromatic N) is 1. The van der Waals surface area contributed by atoms with Gasteiger partial charge >= 0.3 is 5.97 Å². The molecule has 1 saturated carbocycles. The van der Waals surface area contributed by atoms with Crippen LogP contribution in [0.25, 0.3) is 11.1 Å². The van der Waals surface area contributed by atoms with Gasteiger partial charge in [0, 0.05) is 18.2 Å². The van der Waals surface area contributed by atoms with E-state index in [4.69, 9.17) is 9.84 Å². The SMILES string of the molecule is O=C(O)CCCCCSc1c(F)cc(-c2cccnc2OC2CCCC2)cc1F. The highest BCUT2D eigenvalue weighted by molar-refractivity contribution is 7.99. The fraction of sp³-hybridized carbons (Fsp3) is 0.455. The average molecular weight is 422 g/mol. The maximum absolute atomic E-state index is 14.6. The number of thioether (sulfide) groups is 1. The zero-order valence-corrected chi connectivity index (χ0v) is 17.0. The van der Waals surface area contributed by atoms with Gasteiger partial charge in [-0.2, -0.15) is 0 Å². The van der Waals surface area contributed by atoms with Crippen LogP contribution in [0.15, 0.2) is 35.4 Å². The maximum atomic E-state index is 14.6. The van der Waals surface area contributed by atoms with Crippen molar-refractivity contribution in [2.24, 2.45) is 0 Å². The molecule has 0 bridgehead atoms. The fourth-order valence-electron chi connectivity index (χ4n) is 3.45. The van der Waals surface area contributed by atoms with E-state index in [1.54, 1.807) is 18.3 Å². The predicted octanol–water partition coefficient (Wildman–Crippen LogP) is 6.09. The lowest BCUT2D eigenvalue weighted by Crippen LogP contribution is -2.12. The number of hydrogen-bond acceptors (Lipinski definition) is 4. The van der Waals surface area contributed by atoms with Crippen LogP contribution in [0.3, 0.4) is 0 Å². The van der Waals surface area contributed by atoms with Gasteiger partial charge in [0.25, 0.3) is 0 Å². The molecule has 29 heavy (non-hydrogen) atoms. The zero-order chi connectivity index (χ0) is 20.6. The van der Waals surface area contributed by atoms with Crippen molar-refractivity contribution in [3.05, 3.63) is 42.1 Å². The summed E-state index contributed by atoms with van der Waals surface area (Å²) < 4.78 is 35.2. The lowest BCUT2D eigenvalue weighted by molar-refractivity contribution is -0.137. The summed E-state index contributed by atoms with van der Waals surface area (Å²) in [5, 5.41) is 8.62. The Labute approximate surface area is 173 Å². The molecule has 1 aromatic carbocycles. The summed E-state index contributed by atoms with van der Waals surface area (Å²) in [7, 11) is 0. The second kappa shape index (κ2) is 10.6. The molecule has 1 fully saturated rings. The molecule has 156 valence electrons. The van der Waals surface area contributed by atoms with E-state index >= 15 is 0 Å². The van der Waals surface area contributed by atoms with Crippen molar-refractivity contribution in [2.75, 3.05) is 5.75 Å². The third-order valence-electron chi connectivity index (χ3n) is 4.94. The number of unbranched alkanes of at least 4 members (excludes halogenated alkanes) is 2. The summed E-state index contributed by atoms with van der Waals surface area (Å²) in [5.41, 5.74) is 0.995. The van der Waals surface area contributed by atoms with Crippen molar-refractivity contribution < 1.29 is 23.4 Å². The first-order valence-electron chi connectivity index (χ1n) is 10.0. The molecule has 0 atom stereocenters. The fourth-order valence-corrected chi connectivity index (χ4v) is 4.40. The summed E-state index contributed by atoms with van der Waals surface area (Å²) in [6.07, 6.45) is 8.05. The van der Waals surface area contributed by atoms with Crippen LogP contribution in [0.4, 0.5) is 8.78 Å². The predicted molar refractivity (Wildman–Crippen MR) is 109 cm³/mol. The van der Waals surface area contributed by atoms with Gasteiger partial charge in [-0.05, 0) is 74.1 Å². The first kappa shape index (κ1) is 21.6. The lowest BCUT2D eigenvalue weighted by atomic mass is 10.1. The minimum Gasteiger partial charge on any atom is -0.481 e. The highest BCUT2D eigenvalue weighted by Crippen LogP contribution is 2.35. The van der Waals surface area contributed by atoms with E-state index in [1.807, 2.05) is 0 Å². The summed E-state index contributed by atoms with van der Waals surface area (Å²) >= 11 is 1.12. The Morgan fingerprint density at radius 2 is 1.90 bits per heavy atom. The molecule has 0 amide bonds. The molecule has 0 spiro atoms. The van der Waals surface area contributed by atoms with E-state index in [9.17, 15) is 13.6 Å². The monoisotopic (exact) mass is 421 g/mol. The van der Waals surface area contributed by atoms with Crippen molar-refractivity contribution in [1.82, 2.24) is 4.98 Å². The van der Waals surface area contributed by atoms with E-state index in [-0.39, 0.29) is 17.4 Å². The van der Waals surface area contributed by atoms with E-state index in [0.29, 0.717) is 35.6 Å². The Morgan fingerprint density at radius 3 is 2.59 bits per heavy atom. The van der Waals surface area contributed by atoms with Crippen LogP contribution in [-0.4, -0.2) is 27.9 Å². The second-order valence-electron chi connectivity index (χ2n) is 7.20. The molecule has 0 radical (unpaired) electrons. The van der Waals surface area contributed by atoms with Crippen molar-refractivity contribution in [2.45, 2.75) is 62.4 Å². The number of halogens is 2. The Bertz CT molecular complexity index is 818. The standard InChI is InChI=1S/C22H25F2NO3S/c23-18-13-15(14-19(24)21(18)29-12-5-1-2-10-20(26)27)17-9-6-11-25-22(17)28-16-7-3-4-8-16/h6,9,11,13-14,16H,1-5,7-8,10,12H2,(H,26,27). The van der Waals surface area contributed by atoms with Gasteiger partial charge in [-0.3, -0.25) is 4.79 Å². The number of carbonyl (C=O) groups is 1. The number of carboxylic acid groups (broad SMARTS) is 1. The highest BCUT2D eigenvalue weighted by atomic mass is 32.2. The molecule has 1 N–H and O–H groups in total. The topological polar surface area (TPSA) is 59.4 Å². The molecular weight excluding hydrogens is 396 g/mol. The number of pyridine rings is 1. The average Bonchev–Trinajstić information content (AvgIpc) is 3.19. The maximum Gasteiger partial charge on any atom is 0.303 e. The normalized spacial score (nSPS) is 14.3. The Kier molecular flexibility index (Phi) is 7.86. The Hall–Kier alpha value is -2.15.